The maximum Gasteiger partial charge on any atom is 0.316 e. The van der Waals surface area contributed by atoms with E-state index in [2.05, 4.69) is 20.9 Å². The molecular formula is C17H18N6O3. The molecule has 0 atom stereocenters. The number of hydrogen-bond acceptors (Lipinski definition) is 6. The summed E-state index contributed by atoms with van der Waals surface area (Å²) in [6.07, 6.45) is 0. The molecule has 0 aliphatic heterocycles. The first-order valence-electron chi connectivity index (χ1n) is 7.50. The number of allylic oxidation sites excluding steroid dienone is 1. The van der Waals surface area contributed by atoms with Gasteiger partial charge < -0.3 is 27.2 Å². The van der Waals surface area contributed by atoms with Gasteiger partial charge in [-0.05, 0) is 49.4 Å². The molecule has 2 aromatic rings. The summed E-state index contributed by atoms with van der Waals surface area (Å²) in [6.45, 7) is 1.32. The van der Waals surface area contributed by atoms with E-state index in [0.29, 0.717) is 22.7 Å². The summed E-state index contributed by atoms with van der Waals surface area (Å²) in [6, 6.07) is 12.1. The Morgan fingerprint density at radius 1 is 1.04 bits per heavy atom. The number of rotatable bonds is 5. The van der Waals surface area contributed by atoms with Gasteiger partial charge >= 0.3 is 6.03 Å². The van der Waals surface area contributed by atoms with Crippen LogP contribution in [0.3, 0.4) is 0 Å². The molecule has 0 saturated heterocycles. The molecular weight excluding hydrogens is 336 g/mol. The van der Waals surface area contributed by atoms with Crippen molar-refractivity contribution in [3.8, 4) is 0 Å². The highest BCUT2D eigenvalue weighted by molar-refractivity contribution is 6.03. The Hall–Kier alpha value is -3.88. The first-order chi connectivity index (χ1) is 12.3. The molecule has 0 saturated carbocycles. The Balaban J connectivity index is 2.16. The molecule has 134 valence electrons. The van der Waals surface area contributed by atoms with Gasteiger partial charge in [0.05, 0.1) is 5.69 Å². The van der Waals surface area contributed by atoms with Gasteiger partial charge in [0, 0.05) is 17.1 Å². The second-order valence-electron chi connectivity index (χ2n) is 5.25. The van der Waals surface area contributed by atoms with Gasteiger partial charge in [-0.3, -0.25) is 4.79 Å². The molecule has 7 N–H and O–H groups in total. The van der Waals surface area contributed by atoms with E-state index in [-0.39, 0.29) is 11.5 Å². The van der Waals surface area contributed by atoms with Crippen LogP contribution in [0.5, 0.6) is 0 Å². The van der Waals surface area contributed by atoms with Crippen LogP contribution in [0.15, 0.2) is 70.2 Å². The van der Waals surface area contributed by atoms with Gasteiger partial charge in [-0.25, -0.2) is 4.79 Å². The van der Waals surface area contributed by atoms with E-state index in [1.807, 2.05) is 0 Å². The number of nitrogens with two attached hydrogens (primary N) is 2. The van der Waals surface area contributed by atoms with Crippen molar-refractivity contribution in [3.05, 3.63) is 60.0 Å². The van der Waals surface area contributed by atoms with E-state index < -0.39 is 11.9 Å². The average Bonchev–Trinajstić information content (AvgIpc) is 2.56. The molecule has 2 aromatic carbocycles. The number of carbonyl (C=O) groups is 2. The van der Waals surface area contributed by atoms with Crippen molar-refractivity contribution in [2.75, 3.05) is 16.4 Å². The average molecular weight is 354 g/mol. The van der Waals surface area contributed by atoms with Gasteiger partial charge in [-0.15, -0.1) is 5.11 Å². The van der Waals surface area contributed by atoms with E-state index in [1.165, 1.54) is 13.0 Å². The van der Waals surface area contributed by atoms with Crippen LogP contribution in [0, 0.1) is 0 Å². The fraction of sp³-hybridized carbons (Fsp3) is 0.0588. The molecule has 0 aliphatic carbocycles. The monoisotopic (exact) mass is 354 g/mol. The van der Waals surface area contributed by atoms with Gasteiger partial charge in [0.2, 0.25) is 0 Å². The SMILES string of the molecule is CC(O)=C(N=Nc1cccc(NC(N)=O)c1)C(=O)Nc1ccc(N)cc1. The van der Waals surface area contributed by atoms with E-state index >= 15 is 0 Å². The van der Waals surface area contributed by atoms with Crippen LogP contribution in [0.2, 0.25) is 0 Å². The maximum atomic E-state index is 12.3. The van der Waals surface area contributed by atoms with Crippen LogP contribution < -0.4 is 22.1 Å². The fourth-order valence-corrected chi connectivity index (χ4v) is 1.93. The third-order valence-electron chi connectivity index (χ3n) is 3.11. The number of carbonyl (C=O) groups excluding carboxylic acids is 2. The summed E-state index contributed by atoms with van der Waals surface area (Å²) >= 11 is 0. The van der Waals surface area contributed by atoms with Crippen molar-refractivity contribution in [2.45, 2.75) is 6.92 Å². The summed E-state index contributed by atoms with van der Waals surface area (Å²) in [5.41, 5.74) is 12.2. The van der Waals surface area contributed by atoms with Crippen molar-refractivity contribution in [3.63, 3.8) is 0 Å². The Morgan fingerprint density at radius 3 is 2.35 bits per heavy atom. The van der Waals surface area contributed by atoms with Crippen molar-refractivity contribution in [1.29, 1.82) is 0 Å². The van der Waals surface area contributed by atoms with Crippen molar-refractivity contribution in [1.82, 2.24) is 0 Å². The maximum absolute atomic E-state index is 12.3. The van der Waals surface area contributed by atoms with E-state index in [4.69, 9.17) is 11.5 Å². The zero-order valence-corrected chi connectivity index (χ0v) is 13.9. The normalized spacial score (nSPS) is 11.7. The van der Waals surface area contributed by atoms with Gasteiger partial charge in [0.25, 0.3) is 5.91 Å². The summed E-state index contributed by atoms with van der Waals surface area (Å²) in [5.74, 6) is -0.932. The number of nitrogens with one attached hydrogen (secondary N) is 2. The van der Waals surface area contributed by atoms with Crippen molar-refractivity contribution in [2.24, 2.45) is 16.0 Å². The number of hydrogen-bond donors (Lipinski definition) is 5. The van der Waals surface area contributed by atoms with Crippen LogP contribution >= 0.6 is 0 Å². The number of anilines is 3. The van der Waals surface area contributed by atoms with E-state index in [9.17, 15) is 14.7 Å². The molecule has 0 radical (unpaired) electrons. The van der Waals surface area contributed by atoms with Crippen LogP contribution in [-0.4, -0.2) is 17.0 Å². The topological polar surface area (TPSA) is 155 Å². The minimum Gasteiger partial charge on any atom is -0.510 e. The number of aliphatic hydroxyl groups is 1. The third-order valence-corrected chi connectivity index (χ3v) is 3.11. The zero-order valence-electron chi connectivity index (χ0n) is 13.9. The van der Waals surface area contributed by atoms with Crippen molar-refractivity contribution >= 4 is 34.7 Å². The molecule has 0 heterocycles. The molecule has 0 unspecified atom stereocenters. The number of urea groups is 1. The summed E-state index contributed by atoms with van der Waals surface area (Å²) in [4.78, 5) is 23.2. The Kier molecular flexibility index (Phi) is 5.88. The third kappa shape index (κ3) is 5.34. The molecule has 0 bridgehead atoms. The number of aliphatic hydroxyl groups excluding tert-OH is 1. The minimum atomic E-state index is -0.714. The lowest BCUT2D eigenvalue weighted by molar-refractivity contribution is -0.113. The molecule has 0 spiro atoms. The quantitative estimate of drug-likeness (QED) is 0.242. The van der Waals surface area contributed by atoms with Gasteiger partial charge in [0.15, 0.2) is 5.70 Å². The van der Waals surface area contributed by atoms with E-state index in [0.717, 1.165) is 0 Å². The largest absolute Gasteiger partial charge is 0.510 e. The number of benzene rings is 2. The second-order valence-corrected chi connectivity index (χ2v) is 5.25. The lowest BCUT2D eigenvalue weighted by Gasteiger charge is -2.06. The lowest BCUT2D eigenvalue weighted by atomic mass is 10.2. The summed E-state index contributed by atoms with van der Waals surface area (Å²) in [7, 11) is 0. The Bertz CT molecular complexity index is 870. The number of primary amides is 1. The first kappa shape index (κ1) is 18.5. The molecule has 0 fully saturated rings. The highest BCUT2D eigenvalue weighted by Gasteiger charge is 2.13. The van der Waals surface area contributed by atoms with Crippen LogP contribution in [0.25, 0.3) is 0 Å². The molecule has 9 nitrogen and oxygen atoms in total. The van der Waals surface area contributed by atoms with Crippen LogP contribution in [0.1, 0.15) is 6.92 Å². The molecule has 0 aromatic heterocycles. The minimum absolute atomic E-state index is 0.255. The van der Waals surface area contributed by atoms with E-state index in [1.54, 1.807) is 42.5 Å². The van der Waals surface area contributed by atoms with Gasteiger partial charge in [0.1, 0.15) is 5.76 Å². The summed E-state index contributed by atoms with van der Waals surface area (Å²) in [5, 5.41) is 22.4. The Morgan fingerprint density at radius 2 is 1.73 bits per heavy atom. The Labute approximate surface area is 149 Å². The molecule has 0 aliphatic rings. The number of nitrogens with zero attached hydrogens (tertiary/aromatic N) is 2. The predicted molar refractivity (Wildman–Crippen MR) is 99.0 cm³/mol. The number of amides is 3. The predicted octanol–water partition coefficient (Wildman–Crippen LogP) is 3.27. The second kappa shape index (κ2) is 8.29. The van der Waals surface area contributed by atoms with Gasteiger partial charge in [-0.2, -0.15) is 5.11 Å². The highest BCUT2D eigenvalue weighted by Crippen LogP contribution is 2.20. The molecule has 3 amide bonds. The van der Waals surface area contributed by atoms with Gasteiger partial charge in [-0.1, -0.05) is 6.07 Å². The molecule has 2 rings (SSSR count). The summed E-state index contributed by atoms with van der Waals surface area (Å²) < 4.78 is 0. The standard InChI is InChI=1S/C17H18N6O3/c1-10(24)15(16(25)20-12-7-5-11(18)6-8-12)23-22-14-4-2-3-13(9-14)21-17(19)26/h2-9,24H,18H2,1H3,(H,20,25)(H3,19,21,26). The first-order valence-corrected chi connectivity index (χ1v) is 7.50. The zero-order chi connectivity index (χ0) is 19.1. The van der Waals surface area contributed by atoms with Crippen molar-refractivity contribution < 1.29 is 14.7 Å². The lowest BCUT2D eigenvalue weighted by Crippen LogP contribution is -2.19. The fourth-order valence-electron chi connectivity index (χ4n) is 1.93. The number of azo groups is 1. The molecule has 9 heteroatoms. The highest BCUT2D eigenvalue weighted by atomic mass is 16.3. The molecule has 26 heavy (non-hydrogen) atoms. The van der Waals surface area contributed by atoms with Crippen LogP contribution in [0.4, 0.5) is 27.5 Å². The van der Waals surface area contributed by atoms with Crippen LogP contribution in [-0.2, 0) is 4.79 Å². The number of nitrogen functional groups attached to an aromatic ring is 1. The smallest absolute Gasteiger partial charge is 0.316 e.